The van der Waals surface area contributed by atoms with Gasteiger partial charge in [0.15, 0.2) is 0 Å². The molecule has 2 saturated heterocycles. The number of aryl methyl sites for hydroxylation is 2. The Bertz CT molecular complexity index is 1770. The summed E-state index contributed by atoms with van der Waals surface area (Å²) >= 11 is 0. The number of likely N-dealkylation sites (tertiary alicyclic amines) is 1. The molecule has 2 N–H and O–H groups in total. The molecule has 242 valence electrons. The lowest BCUT2D eigenvalue weighted by molar-refractivity contribution is -0.645. The topological polar surface area (TPSA) is 111 Å². The summed E-state index contributed by atoms with van der Waals surface area (Å²) in [5.41, 5.74) is 2.92. The van der Waals surface area contributed by atoms with E-state index in [4.69, 9.17) is 0 Å². The molecule has 10 heteroatoms. The Morgan fingerprint density at radius 1 is 0.913 bits per heavy atom. The smallest absolute Gasteiger partial charge is 0.303 e. The third-order valence-corrected chi connectivity index (χ3v) is 11.4. The average Bonchev–Trinajstić information content (AvgIpc) is 3.47. The summed E-state index contributed by atoms with van der Waals surface area (Å²) in [6.07, 6.45) is 3.06. The van der Waals surface area contributed by atoms with Gasteiger partial charge >= 0.3 is 5.97 Å². The summed E-state index contributed by atoms with van der Waals surface area (Å²) in [7, 11) is -4.27. The van der Waals surface area contributed by atoms with Gasteiger partial charge in [-0.15, -0.1) is 0 Å². The number of benzene rings is 3. The van der Waals surface area contributed by atoms with Crippen molar-refractivity contribution in [2.45, 2.75) is 50.5 Å². The van der Waals surface area contributed by atoms with Crippen molar-refractivity contribution in [3.63, 3.8) is 0 Å². The van der Waals surface area contributed by atoms with Gasteiger partial charge in [-0.05, 0) is 81.9 Å². The molecule has 2 aliphatic heterocycles. The number of carboxylic acid groups (broad SMARTS) is 1. The summed E-state index contributed by atoms with van der Waals surface area (Å²) in [6.45, 7) is 8.07. The van der Waals surface area contributed by atoms with Crippen molar-refractivity contribution in [1.82, 2.24) is 14.5 Å². The number of carbonyl (C=O) groups is 2. The van der Waals surface area contributed by atoms with Crippen molar-refractivity contribution in [2.75, 3.05) is 39.3 Å². The van der Waals surface area contributed by atoms with Crippen LogP contribution in [0.4, 0.5) is 0 Å². The molecule has 2 aliphatic rings. The van der Waals surface area contributed by atoms with Gasteiger partial charge in [0.1, 0.15) is 6.54 Å². The van der Waals surface area contributed by atoms with E-state index in [1.165, 1.54) is 31.6 Å². The summed E-state index contributed by atoms with van der Waals surface area (Å²) in [5.74, 6) is -0.126. The number of hydrogen-bond donors (Lipinski definition) is 2. The molecule has 0 aliphatic carbocycles. The van der Waals surface area contributed by atoms with E-state index in [1.807, 2.05) is 55.5 Å². The molecule has 9 nitrogen and oxygen atoms in total. The van der Waals surface area contributed by atoms with E-state index < -0.39 is 21.9 Å². The first kappa shape index (κ1) is 32.1. The van der Waals surface area contributed by atoms with Crippen LogP contribution in [0.2, 0.25) is 0 Å². The Labute approximate surface area is 270 Å². The average molecular weight is 644 g/mol. The number of aliphatic carboxylic acids is 1. The number of hydrogen-bond acceptors (Lipinski definition) is 6. The molecular formula is C36H43N4O5S+. The molecular weight excluding hydrogens is 600 g/mol. The van der Waals surface area contributed by atoms with Crippen molar-refractivity contribution in [3.8, 4) is 0 Å². The van der Waals surface area contributed by atoms with E-state index in [0.29, 0.717) is 16.3 Å². The Kier molecular flexibility index (Phi) is 9.67. The Morgan fingerprint density at radius 2 is 1.57 bits per heavy atom. The highest BCUT2D eigenvalue weighted by Gasteiger charge is 2.35. The monoisotopic (exact) mass is 643 g/mol. The molecule has 1 aromatic heterocycles. The zero-order valence-electron chi connectivity index (χ0n) is 26.4. The van der Waals surface area contributed by atoms with Crippen molar-refractivity contribution in [3.05, 3.63) is 83.9 Å². The van der Waals surface area contributed by atoms with Crippen LogP contribution in [0.5, 0.6) is 0 Å². The second-order valence-corrected chi connectivity index (χ2v) is 14.6. The zero-order valence-corrected chi connectivity index (χ0v) is 27.2. The van der Waals surface area contributed by atoms with Crippen LogP contribution in [0.3, 0.4) is 0 Å². The van der Waals surface area contributed by atoms with Crippen LogP contribution in [0.15, 0.2) is 77.7 Å². The summed E-state index contributed by atoms with van der Waals surface area (Å²) < 4.78 is 31.1. The van der Waals surface area contributed by atoms with Crippen LogP contribution in [0, 0.1) is 18.8 Å². The molecule has 0 radical (unpaired) electrons. The number of carbonyl (C=O) groups excluding carboxylic acids is 1. The SMILES string of the molecule is Cc1ccc(S(=O)(=O)N(CCCC(=O)O)C(=O)c2c3ccccc3[n+](CCCCN3CC4CCNCC4C3)c3ccccc23)cc1. The number of pyridine rings is 1. The predicted octanol–water partition coefficient (Wildman–Crippen LogP) is 4.61. The Balaban J connectivity index is 1.33. The minimum absolute atomic E-state index is 0.00386. The van der Waals surface area contributed by atoms with E-state index in [1.54, 1.807) is 12.1 Å². The van der Waals surface area contributed by atoms with Crippen LogP contribution in [0.25, 0.3) is 21.8 Å². The number of fused-ring (bicyclic) bond motifs is 3. The highest BCUT2D eigenvalue weighted by molar-refractivity contribution is 7.89. The van der Waals surface area contributed by atoms with Crippen molar-refractivity contribution in [2.24, 2.45) is 11.8 Å². The Hall–Kier alpha value is -3.86. The highest BCUT2D eigenvalue weighted by atomic mass is 32.2. The molecule has 2 unspecified atom stereocenters. The molecule has 2 atom stereocenters. The number of aromatic nitrogens is 1. The lowest BCUT2D eigenvalue weighted by Crippen LogP contribution is -2.40. The van der Waals surface area contributed by atoms with Crippen LogP contribution in [-0.4, -0.2) is 73.9 Å². The largest absolute Gasteiger partial charge is 0.481 e. The van der Waals surface area contributed by atoms with E-state index in [0.717, 1.165) is 71.8 Å². The van der Waals surface area contributed by atoms with Gasteiger partial charge in [-0.1, -0.05) is 42.0 Å². The number of sulfonamides is 1. The molecule has 46 heavy (non-hydrogen) atoms. The molecule has 0 saturated carbocycles. The first-order valence-corrected chi connectivity index (χ1v) is 17.8. The lowest BCUT2D eigenvalue weighted by Gasteiger charge is -2.24. The van der Waals surface area contributed by atoms with Gasteiger partial charge in [0, 0.05) is 44.6 Å². The quantitative estimate of drug-likeness (QED) is 0.132. The molecule has 2 fully saturated rings. The second kappa shape index (κ2) is 13.9. The molecule has 6 rings (SSSR count). The summed E-state index contributed by atoms with van der Waals surface area (Å²) in [4.78, 5) is 28.5. The summed E-state index contributed by atoms with van der Waals surface area (Å²) in [6, 6.07) is 21.7. The van der Waals surface area contributed by atoms with E-state index in [9.17, 15) is 23.1 Å². The molecule has 3 aromatic carbocycles. The van der Waals surface area contributed by atoms with Gasteiger partial charge < -0.3 is 15.3 Å². The maximum atomic E-state index is 14.5. The maximum Gasteiger partial charge on any atom is 0.303 e. The van der Waals surface area contributed by atoms with E-state index in [-0.39, 0.29) is 24.3 Å². The van der Waals surface area contributed by atoms with Crippen LogP contribution in [0.1, 0.15) is 48.0 Å². The standard InChI is InChI=1S/C36H42N4O5S/c1-26-14-16-29(17-15-26)46(44,45)40(22-8-13-34(41)42)36(43)35-30-9-2-4-11-32(30)39(33-12-5-3-10-31(33)35)21-7-6-20-38-24-27-18-19-37-23-28(27)25-38/h2-5,9-12,14-17,27-28,37H,6-8,13,18-25H2,1H3/p+1. The van der Waals surface area contributed by atoms with Gasteiger partial charge in [0.2, 0.25) is 11.0 Å². The van der Waals surface area contributed by atoms with Crippen LogP contribution >= 0.6 is 0 Å². The molecule has 1 amide bonds. The fourth-order valence-corrected chi connectivity index (χ4v) is 8.62. The molecule has 0 spiro atoms. The number of piperidine rings is 1. The second-order valence-electron chi connectivity index (χ2n) is 12.7. The minimum Gasteiger partial charge on any atom is -0.481 e. The van der Waals surface area contributed by atoms with Gasteiger partial charge in [-0.3, -0.25) is 9.59 Å². The number of nitrogens with zero attached hydrogens (tertiary/aromatic N) is 3. The first-order chi connectivity index (χ1) is 22.2. The van der Waals surface area contributed by atoms with E-state index in [2.05, 4.69) is 14.8 Å². The van der Waals surface area contributed by atoms with Gasteiger partial charge in [-0.25, -0.2) is 12.7 Å². The van der Waals surface area contributed by atoms with Gasteiger partial charge in [0.25, 0.3) is 15.9 Å². The number of para-hydroxylation sites is 2. The normalized spacial score (nSPS) is 18.5. The number of unbranched alkanes of at least 4 members (excludes halogenated alkanes) is 1. The predicted molar refractivity (Wildman–Crippen MR) is 178 cm³/mol. The third-order valence-electron chi connectivity index (χ3n) is 9.59. The molecule has 3 heterocycles. The van der Waals surface area contributed by atoms with Crippen LogP contribution < -0.4 is 9.88 Å². The van der Waals surface area contributed by atoms with Gasteiger partial charge in [0.05, 0.1) is 21.2 Å². The number of carboxylic acids is 1. The molecule has 0 bridgehead atoms. The van der Waals surface area contributed by atoms with E-state index >= 15 is 0 Å². The third kappa shape index (κ3) is 6.65. The van der Waals surface area contributed by atoms with Crippen LogP contribution in [-0.2, 0) is 21.4 Å². The summed E-state index contributed by atoms with van der Waals surface area (Å²) in [5, 5.41) is 14.2. The fraction of sp³-hybridized carbons (Fsp3) is 0.417. The number of nitrogens with one attached hydrogen (secondary N) is 1. The first-order valence-electron chi connectivity index (χ1n) is 16.4. The lowest BCUT2D eigenvalue weighted by atomic mass is 9.90. The number of amides is 1. The number of rotatable bonds is 12. The van der Waals surface area contributed by atoms with Gasteiger partial charge in [-0.2, -0.15) is 4.57 Å². The van der Waals surface area contributed by atoms with Crippen molar-refractivity contribution < 1.29 is 27.7 Å². The maximum absolute atomic E-state index is 14.5. The van der Waals surface area contributed by atoms with Crippen molar-refractivity contribution >= 4 is 43.7 Å². The highest BCUT2D eigenvalue weighted by Crippen LogP contribution is 2.30. The molecule has 4 aromatic rings. The minimum atomic E-state index is -4.27. The fourth-order valence-electron chi connectivity index (χ4n) is 7.21. The van der Waals surface area contributed by atoms with Crippen molar-refractivity contribution in [1.29, 1.82) is 0 Å². The zero-order chi connectivity index (χ0) is 32.3. The Morgan fingerprint density at radius 3 is 2.22 bits per heavy atom.